The Morgan fingerprint density at radius 1 is 0.500 bits per heavy atom. The summed E-state index contributed by atoms with van der Waals surface area (Å²) in [5.41, 5.74) is 4.14. The van der Waals surface area contributed by atoms with Crippen molar-refractivity contribution in [2.75, 3.05) is 10.8 Å². The minimum absolute atomic E-state index is 0.421. The van der Waals surface area contributed by atoms with Crippen LogP contribution in [0.2, 0.25) is 0 Å². The molecule has 3 heteroatoms. The smallest absolute Gasteiger partial charge is 0.222 e. The average Bonchev–Trinajstić information content (AvgIpc) is 3.01. The zero-order valence-electron chi connectivity index (χ0n) is 24.1. The van der Waals surface area contributed by atoms with Crippen LogP contribution in [0.25, 0.3) is 0 Å². The predicted octanol–water partition coefficient (Wildman–Crippen LogP) is 7.78. The summed E-state index contributed by atoms with van der Waals surface area (Å²) in [4.78, 5) is 4.45. The molecule has 0 unspecified atom stereocenters. The van der Waals surface area contributed by atoms with Crippen LogP contribution in [0.15, 0.2) is 140 Å². The van der Waals surface area contributed by atoms with Crippen molar-refractivity contribution >= 4 is 42.8 Å². The summed E-state index contributed by atoms with van der Waals surface area (Å²) in [5.74, 6) is 1.90. The van der Waals surface area contributed by atoms with Crippen molar-refractivity contribution in [1.82, 2.24) is 0 Å². The lowest BCUT2D eigenvalue weighted by Gasteiger charge is -2.39. The Bertz CT molecular complexity index is 1380. The Labute approximate surface area is 243 Å². The van der Waals surface area contributed by atoms with Gasteiger partial charge in [0, 0.05) is 5.69 Å². The zero-order valence-corrected chi connectivity index (χ0v) is 26.0. The molecule has 0 saturated heterocycles. The number of nitrogens with one attached hydrogen (secondary N) is 1. The summed E-state index contributed by atoms with van der Waals surface area (Å²) in [6, 6.07) is 51.9. The average molecular weight is 558 g/mol. The van der Waals surface area contributed by atoms with Crippen molar-refractivity contribution in [3.05, 3.63) is 151 Å². The van der Waals surface area contributed by atoms with Gasteiger partial charge in [-0.25, -0.2) is 0 Å². The van der Waals surface area contributed by atoms with Gasteiger partial charge in [0.15, 0.2) is 0 Å². The molecule has 0 heterocycles. The molecule has 0 radical (unpaired) electrons. The fourth-order valence-corrected chi connectivity index (χ4v) is 15.0. The highest BCUT2D eigenvalue weighted by Gasteiger charge is 2.42. The van der Waals surface area contributed by atoms with Crippen LogP contribution in [0.4, 0.5) is 5.69 Å². The maximum Gasteiger partial charge on any atom is 0.222 e. The second-order valence-corrected chi connectivity index (χ2v) is 17.5. The molecule has 0 spiro atoms. The van der Waals surface area contributed by atoms with Crippen LogP contribution >= 0.6 is 7.92 Å². The molecule has 0 atom stereocenters. The molecule has 0 amide bonds. The van der Waals surface area contributed by atoms with Gasteiger partial charge in [-0.1, -0.05) is 167 Å². The highest BCUT2D eigenvalue weighted by molar-refractivity contribution is 7.75. The topological polar surface area (TPSA) is 12.0 Å². The number of hydrogen-bond donors (Lipinski definition) is 1. The number of anilines is 1. The van der Waals surface area contributed by atoms with Crippen LogP contribution in [0.5, 0.6) is 0 Å². The normalized spacial score (nSPS) is 11.8. The van der Waals surface area contributed by atoms with E-state index in [1.165, 1.54) is 37.8 Å². The van der Waals surface area contributed by atoms with E-state index in [0.29, 0.717) is 11.8 Å². The van der Waals surface area contributed by atoms with Gasteiger partial charge in [0.05, 0.1) is 0 Å². The van der Waals surface area contributed by atoms with E-state index in [2.05, 4.69) is 172 Å². The Kier molecular flexibility index (Phi) is 9.00. The van der Waals surface area contributed by atoms with Gasteiger partial charge in [-0.2, -0.15) is 0 Å². The van der Waals surface area contributed by atoms with Crippen LogP contribution in [-0.4, -0.2) is 14.0 Å². The number of benzene rings is 5. The molecule has 0 aliphatic heterocycles. The Balaban J connectivity index is 1.80. The second-order valence-electron chi connectivity index (χ2n) is 11.1. The van der Waals surface area contributed by atoms with Crippen molar-refractivity contribution in [3.8, 4) is 0 Å². The monoisotopic (exact) mass is 557 g/mol. The third kappa shape index (κ3) is 5.99. The van der Waals surface area contributed by atoms with Crippen molar-refractivity contribution < 1.29 is 0 Å². The van der Waals surface area contributed by atoms with E-state index in [-0.39, 0.29) is 0 Å². The summed E-state index contributed by atoms with van der Waals surface area (Å²) < 4.78 is 0. The van der Waals surface area contributed by atoms with Crippen molar-refractivity contribution in [3.63, 3.8) is 0 Å². The van der Waals surface area contributed by atoms with E-state index in [1.807, 2.05) is 0 Å². The Morgan fingerprint density at radius 2 is 0.875 bits per heavy atom. The van der Waals surface area contributed by atoms with Crippen molar-refractivity contribution in [2.45, 2.75) is 39.5 Å². The molecule has 1 N–H and O–H groups in total. The molecule has 40 heavy (non-hydrogen) atoms. The molecule has 0 aliphatic carbocycles. The van der Waals surface area contributed by atoms with Gasteiger partial charge >= 0.3 is 0 Å². The first-order valence-corrected chi connectivity index (χ1v) is 18.1. The molecule has 0 saturated carbocycles. The predicted molar refractivity (Wildman–Crippen MR) is 180 cm³/mol. The Morgan fingerprint density at radius 3 is 1.25 bits per heavy atom. The first-order chi connectivity index (χ1) is 19.5. The first kappa shape index (κ1) is 28.1. The molecule has 5 aromatic rings. The van der Waals surface area contributed by atoms with Crippen molar-refractivity contribution in [1.29, 1.82) is 0 Å². The highest BCUT2D eigenvalue weighted by atomic mass is 31.1. The fourth-order valence-electron chi connectivity index (χ4n) is 5.67. The van der Waals surface area contributed by atoms with E-state index in [0.717, 1.165) is 5.79 Å². The van der Waals surface area contributed by atoms with E-state index in [4.69, 9.17) is 0 Å². The summed E-state index contributed by atoms with van der Waals surface area (Å²) >= 11 is 0. The lowest BCUT2D eigenvalue weighted by atomic mass is 9.93. The van der Waals surface area contributed by atoms with Gasteiger partial charge in [0.1, 0.15) is 0 Å². The second kappa shape index (κ2) is 12.8. The molecule has 0 aromatic heterocycles. The van der Waals surface area contributed by atoms with Gasteiger partial charge in [0.2, 0.25) is 8.24 Å². The number of para-hydroxylation sites is 1. The van der Waals surface area contributed by atoms with Gasteiger partial charge in [-0.05, 0) is 57.7 Å². The van der Waals surface area contributed by atoms with Gasteiger partial charge in [-0.3, -0.25) is 0 Å². The number of rotatable bonds is 10. The van der Waals surface area contributed by atoms with Crippen LogP contribution in [0.1, 0.15) is 50.7 Å². The molecule has 5 aromatic carbocycles. The zero-order chi connectivity index (χ0) is 28.0. The van der Waals surface area contributed by atoms with E-state index in [9.17, 15) is 0 Å². The molecule has 0 fully saturated rings. The standard InChI is InChI=1S/C37H40NPSi/c1-29(2)35-26-17-27-36(30(3)4)37(35)38-40(33-22-13-7-14-23-33,34-24-15-8-16-25-34)28-39(31-18-9-5-10-19-31)32-20-11-6-12-21-32/h5-27,29-30,38H,28H2,1-4H3. The molecule has 0 aliphatic rings. The van der Waals surface area contributed by atoms with Gasteiger partial charge in [0.25, 0.3) is 0 Å². The largest absolute Gasteiger partial charge is 0.403 e. The summed E-state index contributed by atoms with van der Waals surface area (Å²) in [6.07, 6.45) is 0. The molecule has 0 bridgehead atoms. The summed E-state index contributed by atoms with van der Waals surface area (Å²) in [5, 5.41) is 5.70. The summed E-state index contributed by atoms with van der Waals surface area (Å²) in [6.45, 7) is 9.28. The molecule has 202 valence electrons. The van der Waals surface area contributed by atoms with Crippen LogP contribution < -0.4 is 26.0 Å². The quantitative estimate of drug-likeness (QED) is 0.137. The molecule has 5 rings (SSSR count). The van der Waals surface area contributed by atoms with Crippen molar-refractivity contribution in [2.24, 2.45) is 0 Å². The highest BCUT2D eigenvalue weighted by Crippen LogP contribution is 2.39. The van der Waals surface area contributed by atoms with Gasteiger partial charge < -0.3 is 4.98 Å². The van der Waals surface area contributed by atoms with E-state index < -0.39 is 16.2 Å². The molecule has 1 nitrogen and oxygen atoms in total. The maximum absolute atomic E-state index is 4.45. The van der Waals surface area contributed by atoms with Gasteiger partial charge in [-0.15, -0.1) is 0 Å². The van der Waals surface area contributed by atoms with E-state index >= 15 is 0 Å². The van der Waals surface area contributed by atoms with Crippen LogP contribution in [-0.2, 0) is 0 Å². The third-order valence-electron chi connectivity index (χ3n) is 7.78. The minimum Gasteiger partial charge on any atom is -0.403 e. The number of hydrogen-bond acceptors (Lipinski definition) is 1. The molecular formula is C37H40NPSi. The SMILES string of the molecule is CC(C)c1cccc(C(C)C)c1N[Si](CP(c1ccccc1)c1ccccc1)(c1ccccc1)c1ccccc1. The van der Waals surface area contributed by atoms with E-state index in [1.54, 1.807) is 0 Å². The fraction of sp³-hybridized carbons (Fsp3) is 0.189. The first-order valence-electron chi connectivity index (χ1n) is 14.4. The Hall–Kier alpha value is -3.45. The maximum atomic E-state index is 4.45. The third-order valence-corrected chi connectivity index (χ3v) is 16.1. The lowest BCUT2D eigenvalue weighted by Crippen LogP contribution is -2.68. The summed E-state index contributed by atoms with van der Waals surface area (Å²) in [7, 11) is -3.23. The van der Waals surface area contributed by atoms with Crippen LogP contribution in [0.3, 0.4) is 0 Å². The minimum atomic E-state index is -2.59. The van der Waals surface area contributed by atoms with Crippen LogP contribution in [0, 0.1) is 0 Å². The molecular weight excluding hydrogens is 517 g/mol. The lowest BCUT2D eigenvalue weighted by molar-refractivity contribution is 0.839.